The second-order valence-electron chi connectivity index (χ2n) is 7.74. The lowest BCUT2D eigenvalue weighted by atomic mass is 9.74. The summed E-state index contributed by atoms with van der Waals surface area (Å²) in [5, 5.41) is 0. The molecule has 0 N–H and O–H groups in total. The third kappa shape index (κ3) is 8.71. The number of hydrogen-bond acceptors (Lipinski definition) is 0. The van der Waals surface area contributed by atoms with Crippen LogP contribution in [0.2, 0.25) is 0 Å². The van der Waals surface area contributed by atoms with E-state index in [2.05, 4.69) is 48.5 Å². The Morgan fingerprint density at radius 1 is 0.895 bits per heavy atom. The Morgan fingerprint density at radius 2 is 1.47 bits per heavy atom. The first-order chi connectivity index (χ1) is 8.86. The van der Waals surface area contributed by atoms with Gasteiger partial charge in [0.25, 0.3) is 0 Å². The number of unbranched alkanes of at least 4 members (excludes halogenated alkanes) is 1. The van der Waals surface area contributed by atoms with Crippen molar-refractivity contribution in [3.63, 3.8) is 0 Å². The monoisotopic (exact) mass is 268 g/mol. The first-order valence-corrected chi connectivity index (χ1v) is 8.86. The molecule has 0 heteroatoms. The maximum absolute atomic E-state index is 2.49. The van der Waals surface area contributed by atoms with Crippen LogP contribution in [0.1, 0.15) is 99.8 Å². The highest BCUT2D eigenvalue weighted by molar-refractivity contribution is 4.75. The van der Waals surface area contributed by atoms with Crippen LogP contribution >= 0.6 is 0 Å². The van der Waals surface area contributed by atoms with Crippen LogP contribution in [0.15, 0.2) is 0 Å². The van der Waals surface area contributed by atoms with Gasteiger partial charge in [0.15, 0.2) is 0 Å². The Labute approximate surface area is 123 Å². The minimum Gasteiger partial charge on any atom is -0.0654 e. The van der Waals surface area contributed by atoms with E-state index in [-0.39, 0.29) is 0 Å². The topological polar surface area (TPSA) is 0 Å². The fourth-order valence-corrected chi connectivity index (χ4v) is 3.31. The van der Waals surface area contributed by atoms with E-state index in [1.807, 2.05) is 0 Å². The average molecular weight is 269 g/mol. The zero-order chi connectivity index (χ0) is 14.9. The van der Waals surface area contributed by atoms with Crippen molar-refractivity contribution >= 4 is 0 Å². The van der Waals surface area contributed by atoms with Gasteiger partial charge in [0.05, 0.1) is 0 Å². The van der Waals surface area contributed by atoms with Crippen LogP contribution in [0.25, 0.3) is 0 Å². The Bertz CT molecular complexity index is 198. The normalized spacial score (nSPS) is 14.4. The van der Waals surface area contributed by atoms with Crippen LogP contribution in [0.5, 0.6) is 0 Å². The van der Waals surface area contributed by atoms with Crippen LogP contribution in [-0.2, 0) is 0 Å². The summed E-state index contributed by atoms with van der Waals surface area (Å²) in [4.78, 5) is 0. The molecule has 0 rings (SSSR count). The van der Waals surface area contributed by atoms with Gasteiger partial charge in [0, 0.05) is 0 Å². The smallest absolute Gasteiger partial charge is 0.0351 e. The van der Waals surface area contributed by atoms with Crippen molar-refractivity contribution in [1.29, 1.82) is 0 Å². The predicted molar refractivity (Wildman–Crippen MR) is 89.6 cm³/mol. The first kappa shape index (κ1) is 19.0. The van der Waals surface area contributed by atoms with Crippen molar-refractivity contribution in [2.45, 2.75) is 99.8 Å². The highest BCUT2D eigenvalue weighted by atomic mass is 14.3. The maximum Gasteiger partial charge on any atom is -0.0351 e. The molecule has 0 aromatic heterocycles. The van der Waals surface area contributed by atoms with Gasteiger partial charge in [-0.3, -0.25) is 0 Å². The largest absolute Gasteiger partial charge is 0.0654 e. The average Bonchev–Trinajstić information content (AvgIpc) is 2.35. The SMILES string of the molecule is CCCCC(CCC(C)(C)CC(CC)CC)C(C)C. The summed E-state index contributed by atoms with van der Waals surface area (Å²) in [5.74, 6) is 2.74. The Hall–Kier alpha value is 0. The maximum atomic E-state index is 2.49. The van der Waals surface area contributed by atoms with Crippen molar-refractivity contribution in [3.8, 4) is 0 Å². The molecule has 19 heavy (non-hydrogen) atoms. The molecule has 0 saturated heterocycles. The second kappa shape index (κ2) is 9.83. The van der Waals surface area contributed by atoms with Gasteiger partial charge in [-0.2, -0.15) is 0 Å². The molecule has 0 fully saturated rings. The van der Waals surface area contributed by atoms with Gasteiger partial charge < -0.3 is 0 Å². The zero-order valence-electron chi connectivity index (χ0n) is 14.9. The molecule has 0 aromatic carbocycles. The molecule has 0 saturated carbocycles. The first-order valence-electron chi connectivity index (χ1n) is 8.86. The Balaban J connectivity index is 4.23. The molecule has 0 spiro atoms. The standard InChI is InChI=1S/C19H40/c1-8-11-12-18(16(4)5)13-14-19(6,7)15-17(9-2)10-3/h16-18H,8-15H2,1-7H3. The molecule has 0 radical (unpaired) electrons. The van der Waals surface area contributed by atoms with E-state index >= 15 is 0 Å². The third-order valence-corrected chi connectivity index (χ3v) is 5.06. The fraction of sp³-hybridized carbons (Fsp3) is 1.00. The van der Waals surface area contributed by atoms with E-state index in [1.165, 1.54) is 51.4 Å². The molecule has 0 nitrogen and oxygen atoms in total. The lowest BCUT2D eigenvalue weighted by Crippen LogP contribution is -2.19. The summed E-state index contributed by atoms with van der Waals surface area (Å²) in [7, 11) is 0. The van der Waals surface area contributed by atoms with E-state index in [9.17, 15) is 0 Å². The van der Waals surface area contributed by atoms with E-state index < -0.39 is 0 Å². The molecule has 0 aliphatic heterocycles. The van der Waals surface area contributed by atoms with Crippen LogP contribution < -0.4 is 0 Å². The Kier molecular flexibility index (Phi) is 9.83. The highest BCUT2D eigenvalue weighted by Crippen LogP contribution is 2.36. The van der Waals surface area contributed by atoms with E-state index in [4.69, 9.17) is 0 Å². The predicted octanol–water partition coefficient (Wildman–Crippen LogP) is 7.08. The van der Waals surface area contributed by atoms with Gasteiger partial charge in [-0.1, -0.05) is 80.6 Å². The van der Waals surface area contributed by atoms with Gasteiger partial charge in [-0.15, -0.1) is 0 Å². The number of hydrogen-bond donors (Lipinski definition) is 0. The van der Waals surface area contributed by atoms with Crippen LogP contribution in [0.3, 0.4) is 0 Å². The summed E-state index contributed by atoms with van der Waals surface area (Å²) in [6.07, 6.45) is 11.2. The number of rotatable bonds is 11. The van der Waals surface area contributed by atoms with Crippen LogP contribution in [-0.4, -0.2) is 0 Å². The summed E-state index contributed by atoms with van der Waals surface area (Å²) < 4.78 is 0. The van der Waals surface area contributed by atoms with Crippen molar-refractivity contribution in [3.05, 3.63) is 0 Å². The summed E-state index contributed by atoms with van der Waals surface area (Å²) in [5.41, 5.74) is 0.538. The van der Waals surface area contributed by atoms with Crippen molar-refractivity contribution in [2.24, 2.45) is 23.2 Å². The van der Waals surface area contributed by atoms with Crippen molar-refractivity contribution < 1.29 is 0 Å². The van der Waals surface area contributed by atoms with Crippen molar-refractivity contribution in [1.82, 2.24) is 0 Å². The third-order valence-electron chi connectivity index (χ3n) is 5.06. The minimum atomic E-state index is 0.538. The Morgan fingerprint density at radius 3 is 1.89 bits per heavy atom. The second-order valence-corrected chi connectivity index (χ2v) is 7.74. The van der Waals surface area contributed by atoms with Gasteiger partial charge in [-0.25, -0.2) is 0 Å². The van der Waals surface area contributed by atoms with Gasteiger partial charge in [0.1, 0.15) is 0 Å². The van der Waals surface area contributed by atoms with Gasteiger partial charge in [-0.05, 0) is 42.4 Å². The van der Waals surface area contributed by atoms with Gasteiger partial charge >= 0.3 is 0 Å². The molecule has 1 unspecified atom stereocenters. The summed E-state index contributed by atoms with van der Waals surface area (Å²) in [6.45, 7) is 16.8. The fourth-order valence-electron chi connectivity index (χ4n) is 3.31. The summed E-state index contributed by atoms with van der Waals surface area (Å²) >= 11 is 0. The highest BCUT2D eigenvalue weighted by Gasteiger charge is 2.24. The molecule has 0 aliphatic carbocycles. The molecule has 116 valence electrons. The zero-order valence-corrected chi connectivity index (χ0v) is 14.9. The van der Waals surface area contributed by atoms with Crippen molar-refractivity contribution in [2.75, 3.05) is 0 Å². The molecule has 0 bridgehead atoms. The van der Waals surface area contributed by atoms with E-state index in [0.29, 0.717) is 5.41 Å². The van der Waals surface area contributed by atoms with Gasteiger partial charge in [0.2, 0.25) is 0 Å². The molecule has 0 aromatic rings. The molecule has 0 aliphatic rings. The van der Waals surface area contributed by atoms with E-state index in [0.717, 1.165) is 17.8 Å². The quantitative estimate of drug-likeness (QED) is 0.375. The lowest BCUT2D eigenvalue weighted by Gasteiger charge is -2.31. The molecule has 0 amide bonds. The van der Waals surface area contributed by atoms with Crippen LogP contribution in [0, 0.1) is 23.2 Å². The van der Waals surface area contributed by atoms with Crippen LogP contribution in [0.4, 0.5) is 0 Å². The summed E-state index contributed by atoms with van der Waals surface area (Å²) in [6, 6.07) is 0. The van der Waals surface area contributed by atoms with E-state index in [1.54, 1.807) is 0 Å². The minimum absolute atomic E-state index is 0.538. The molecular formula is C19H40. The molecule has 1 atom stereocenters. The molecular weight excluding hydrogens is 228 g/mol. The lowest BCUT2D eigenvalue weighted by molar-refractivity contribution is 0.201. The molecule has 0 heterocycles.